The third-order valence-corrected chi connectivity index (χ3v) is 3.55. The number of rotatable bonds is 8. The maximum Gasteiger partial charge on any atom is 0.152 e. The molecule has 2 aromatic rings. The Bertz CT molecular complexity index is 569. The highest BCUT2D eigenvalue weighted by atomic mass is 32.2. The molecule has 0 N–H and O–H groups in total. The van der Waals surface area contributed by atoms with Gasteiger partial charge in [-0.3, -0.25) is 4.18 Å². The van der Waals surface area contributed by atoms with E-state index in [2.05, 4.69) is 6.07 Å². The minimum atomic E-state index is -1.19. The van der Waals surface area contributed by atoms with Gasteiger partial charge in [-0.2, -0.15) is 0 Å². The van der Waals surface area contributed by atoms with Crippen molar-refractivity contribution in [1.82, 2.24) is 0 Å². The second kappa shape index (κ2) is 8.60. The summed E-state index contributed by atoms with van der Waals surface area (Å²) in [7, 11) is 0. The molecule has 0 saturated carbocycles. The average Bonchev–Trinajstić information content (AvgIpc) is 2.51. The van der Waals surface area contributed by atoms with E-state index in [-0.39, 0.29) is 0 Å². The molecule has 4 heteroatoms. The van der Waals surface area contributed by atoms with Gasteiger partial charge in [0.1, 0.15) is 12.4 Å². The maximum atomic E-state index is 10.8. The fraction of sp³-hybridized carbons (Fsp3) is 0.294. The lowest BCUT2D eigenvalue weighted by molar-refractivity contribution is 0.300. The molecule has 0 fully saturated rings. The Labute approximate surface area is 128 Å². The lowest BCUT2D eigenvalue weighted by Crippen LogP contribution is -2.01. The minimum Gasteiger partial charge on any atom is -0.489 e. The molecule has 1 atom stereocenters. The lowest BCUT2D eigenvalue weighted by Gasteiger charge is -2.11. The van der Waals surface area contributed by atoms with Gasteiger partial charge in [0.25, 0.3) is 0 Å². The summed E-state index contributed by atoms with van der Waals surface area (Å²) in [5.41, 5.74) is 2.30. The second-order valence-corrected chi connectivity index (χ2v) is 5.75. The number of para-hydroxylation sites is 1. The van der Waals surface area contributed by atoms with E-state index in [1.54, 1.807) is 0 Å². The highest BCUT2D eigenvalue weighted by Crippen LogP contribution is 2.21. The fourth-order valence-corrected chi connectivity index (χ4v) is 2.38. The van der Waals surface area contributed by atoms with Gasteiger partial charge in [0.2, 0.25) is 0 Å². The predicted molar refractivity (Wildman–Crippen MR) is 85.6 cm³/mol. The SMILES string of the molecule is CS(=O)OCCCc1ccccc1OCc1ccccc1. The summed E-state index contributed by atoms with van der Waals surface area (Å²) in [4.78, 5) is 0. The van der Waals surface area contributed by atoms with Crippen molar-refractivity contribution in [3.05, 3.63) is 65.7 Å². The summed E-state index contributed by atoms with van der Waals surface area (Å²) < 4.78 is 21.8. The molecule has 0 saturated heterocycles. The molecular formula is C17H20O3S. The van der Waals surface area contributed by atoms with E-state index in [0.717, 1.165) is 29.7 Å². The first-order valence-electron chi connectivity index (χ1n) is 6.97. The summed E-state index contributed by atoms with van der Waals surface area (Å²) in [5.74, 6) is 0.902. The van der Waals surface area contributed by atoms with E-state index < -0.39 is 11.1 Å². The number of hydrogen-bond acceptors (Lipinski definition) is 3. The highest BCUT2D eigenvalue weighted by Gasteiger charge is 2.04. The van der Waals surface area contributed by atoms with Crippen LogP contribution in [0, 0.1) is 0 Å². The fourth-order valence-electron chi connectivity index (χ4n) is 2.03. The molecule has 112 valence electrons. The van der Waals surface area contributed by atoms with E-state index in [9.17, 15) is 4.21 Å². The summed E-state index contributed by atoms with van der Waals surface area (Å²) in [6, 6.07) is 18.1. The molecule has 0 radical (unpaired) electrons. The molecule has 0 heterocycles. The van der Waals surface area contributed by atoms with Crippen LogP contribution in [0.15, 0.2) is 54.6 Å². The van der Waals surface area contributed by atoms with Gasteiger partial charge in [0.05, 0.1) is 6.61 Å². The third-order valence-electron chi connectivity index (χ3n) is 3.05. The van der Waals surface area contributed by atoms with Gasteiger partial charge in [-0.05, 0) is 30.0 Å². The predicted octanol–water partition coefficient (Wildman–Crippen LogP) is 3.51. The van der Waals surface area contributed by atoms with Crippen LogP contribution in [-0.2, 0) is 28.3 Å². The molecule has 2 rings (SSSR count). The summed E-state index contributed by atoms with van der Waals surface area (Å²) in [6.45, 7) is 1.06. The second-order valence-electron chi connectivity index (χ2n) is 4.71. The maximum absolute atomic E-state index is 10.8. The first kappa shape index (κ1) is 15.7. The molecule has 0 aliphatic heterocycles. The van der Waals surface area contributed by atoms with E-state index in [1.807, 2.05) is 48.5 Å². The van der Waals surface area contributed by atoms with Crippen molar-refractivity contribution in [2.24, 2.45) is 0 Å². The first-order valence-corrected chi connectivity index (χ1v) is 8.45. The summed E-state index contributed by atoms with van der Waals surface area (Å²) >= 11 is -1.19. The van der Waals surface area contributed by atoms with Crippen LogP contribution in [0.1, 0.15) is 17.5 Å². The molecular weight excluding hydrogens is 284 g/mol. The van der Waals surface area contributed by atoms with Crippen LogP contribution in [-0.4, -0.2) is 17.1 Å². The normalized spacial score (nSPS) is 12.0. The van der Waals surface area contributed by atoms with Gasteiger partial charge in [-0.25, -0.2) is 4.21 Å². The monoisotopic (exact) mass is 304 g/mol. The standard InChI is InChI=1S/C17H20O3S/c1-21(18)20-13-7-11-16-10-5-6-12-17(16)19-14-15-8-3-2-4-9-15/h2-6,8-10,12H,7,11,13-14H2,1H3. The molecule has 0 amide bonds. The topological polar surface area (TPSA) is 35.5 Å². The van der Waals surface area contributed by atoms with Gasteiger partial charge < -0.3 is 4.74 Å². The van der Waals surface area contributed by atoms with Crippen molar-refractivity contribution >= 4 is 11.1 Å². The molecule has 0 aromatic heterocycles. The Balaban J connectivity index is 1.89. The van der Waals surface area contributed by atoms with E-state index in [1.165, 1.54) is 6.26 Å². The van der Waals surface area contributed by atoms with Crippen LogP contribution in [0.2, 0.25) is 0 Å². The molecule has 3 nitrogen and oxygen atoms in total. The Morgan fingerprint density at radius 1 is 1.00 bits per heavy atom. The van der Waals surface area contributed by atoms with E-state index in [4.69, 9.17) is 8.92 Å². The van der Waals surface area contributed by atoms with Crippen molar-refractivity contribution in [2.45, 2.75) is 19.4 Å². The van der Waals surface area contributed by atoms with Crippen LogP contribution in [0.25, 0.3) is 0 Å². The van der Waals surface area contributed by atoms with Gasteiger partial charge in [-0.15, -0.1) is 0 Å². The molecule has 0 bridgehead atoms. The quantitative estimate of drug-likeness (QED) is 0.700. The third kappa shape index (κ3) is 5.69. The van der Waals surface area contributed by atoms with Gasteiger partial charge in [0, 0.05) is 6.26 Å². The zero-order valence-electron chi connectivity index (χ0n) is 12.2. The Hall–Kier alpha value is -1.65. The zero-order valence-corrected chi connectivity index (χ0v) is 13.0. The number of aryl methyl sites for hydroxylation is 1. The molecule has 21 heavy (non-hydrogen) atoms. The number of hydrogen-bond donors (Lipinski definition) is 0. The van der Waals surface area contributed by atoms with E-state index >= 15 is 0 Å². The lowest BCUT2D eigenvalue weighted by atomic mass is 10.1. The number of benzene rings is 2. The molecule has 0 aliphatic carbocycles. The largest absolute Gasteiger partial charge is 0.489 e. The molecule has 2 aromatic carbocycles. The number of ether oxygens (including phenoxy) is 1. The molecule has 0 spiro atoms. The van der Waals surface area contributed by atoms with Crippen LogP contribution in [0.4, 0.5) is 0 Å². The van der Waals surface area contributed by atoms with Gasteiger partial charge >= 0.3 is 0 Å². The van der Waals surface area contributed by atoms with Crippen LogP contribution in [0.5, 0.6) is 5.75 Å². The minimum absolute atomic E-state index is 0.496. The van der Waals surface area contributed by atoms with Gasteiger partial charge in [0.15, 0.2) is 11.1 Å². The zero-order chi connectivity index (χ0) is 14.9. The van der Waals surface area contributed by atoms with Crippen LogP contribution < -0.4 is 4.74 Å². The molecule has 0 aliphatic rings. The Kier molecular flexibility index (Phi) is 6.44. The van der Waals surface area contributed by atoms with E-state index in [0.29, 0.717) is 13.2 Å². The van der Waals surface area contributed by atoms with Crippen molar-refractivity contribution in [3.63, 3.8) is 0 Å². The summed E-state index contributed by atoms with van der Waals surface area (Å²) in [6.07, 6.45) is 3.21. The van der Waals surface area contributed by atoms with Crippen molar-refractivity contribution in [1.29, 1.82) is 0 Å². The molecule has 1 unspecified atom stereocenters. The van der Waals surface area contributed by atoms with Crippen LogP contribution in [0.3, 0.4) is 0 Å². The Morgan fingerprint density at radius 3 is 2.48 bits per heavy atom. The highest BCUT2D eigenvalue weighted by molar-refractivity contribution is 7.79. The van der Waals surface area contributed by atoms with Crippen molar-refractivity contribution in [3.8, 4) is 5.75 Å². The first-order chi connectivity index (χ1) is 10.3. The summed E-state index contributed by atoms with van der Waals surface area (Å²) in [5, 5.41) is 0. The van der Waals surface area contributed by atoms with Gasteiger partial charge in [-0.1, -0.05) is 48.5 Å². The smallest absolute Gasteiger partial charge is 0.152 e. The Morgan fingerprint density at radius 2 is 1.71 bits per heavy atom. The average molecular weight is 304 g/mol. The van der Waals surface area contributed by atoms with Crippen molar-refractivity contribution in [2.75, 3.05) is 12.9 Å². The van der Waals surface area contributed by atoms with Crippen LogP contribution >= 0.6 is 0 Å². The van der Waals surface area contributed by atoms with Crippen molar-refractivity contribution < 1.29 is 13.1 Å².